The molecule has 28 heavy (non-hydrogen) atoms. The van der Waals surface area contributed by atoms with E-state index in [-0.39, 0.29) is 17.1 Å². The molecule has 0 atom stereocenters. The summed E-state index contributed by atoms with van der Waals surface area (Å²) in [5.41, 5.74) is -0.640. The molecule has 0 saturated heterocycles. The zero-order chi connectivity index (χ0) is 20.8. The number of methoxy groups -OCH3 is 1. The van der Waals surface area contributed by atoms with Crippen LogP contribution in [0.3, 0.4) is 0 Å². The molecule has 0 aliphatic rings. The van der Waals surface area contributed by atoms with Gasteiger partial charge in [-0.2, -0.15) is 8.78 Å². The highest BCUT2D eigenvalue weighted by Gasteiger charge is 2.17. The van der Waals surface area contributed by atoms with Gasteiger partial charge in [0, 0.05) is 5.56 Å². The summed E-state index contributed by atoms with van der Waals surface area (Å²) < 4.78 is 73.1. The summed E-state index contributed by atoms with van der Waals surface area (Å²) in [4.78, 5) is 23.8. The summed E-state index contributed by atoms with van der Waals surface area (Å²) in [7, 11) is 1.18. The van der Waals surface area contributed by atoms with E-state index in [4.69, 9.17) is 4.74 Å². The van der Waals surface area contributed by atoms with Crippen molar-refractivity contribution in [3.63, 3.8) is 0 Å². The van der Waals surface area contributed by atoms with Gasteiger partial charge in [-0.15, -0.1) is 0 Å². The van der Waals surface area contributed by atoms with E-state index in [1.807, 2.05) is 5.32 Å². The van der Waals surface area contributed by atoms with Gasteiger partial charge < -0.3 is 20.1 Å². The third-order valence-electron chi connectivity index (χ3n) is 3.36. The van der Waals surface area contributed by atoms with Crippen molar-refractivity contribution >= 4 is 17.5 Å². The number of hydrogen-bond donors (Lipinski definition) is 2. The van der Waals surface area contributed by atoms with Crippen LogP contribution in [0.25, 0.3) is 0 Å². The van der Waals surface area contributed by atoms with E-state index < -0.39 is 48.1 Å². The maximum Gasteiger partial charge on any atom is 0.387 e. The van der Waals surface area contributed by atoms with Gasteiger partial charge in [-0.25, -0.2) is 13.2 Å². The fourth-order valence-electron chi connectivity index (χ4n) is 2.08. The molecule has 0 saturated carbocycles. The average Bonchev–Trinajstić information content (AvgIpc) is 2.66. The van der Waals surface area contributed by atoms with Gasteiger partial charge in [-0.05, 0) is 30.3 Å². The number of carbonyl (C=O) groups excluding carboxylic acids is 2. The molecule has 2 amide bonds. The Bertz CT molecular complexity index is 892. The number of halogens is 5. The quantitative estimate of drug-likeness (QED) is 0.549. The van der Waals surface area contributed by atoms with Crippen molar-refractivity contribution in [3.05, 3.63) is 53.3 Å². The van der Waals surface area contributed by atoms with Crippen molar-refractivity contribution in [1.29, 1.82) is 0 Å². The zero-order valence-electron chi connectivity index (χ0n) is 14.2. The summed E-state index contributed by atoms with van der Waals surface area (Å²) in [5.74, 6) is -6.87. The van der Waals surface area contributed by atoms with E-state index in [1.165, 1.54) is 7.11 Å². The molecule has 0 radical (unpaired) electrons. The minimum atomic E-state index is -3.09. The predicted octanol–water partition coefficient (Wildman–Crippen LogP) is 3.08. The van der Waals surface area contributed by atoms with Gasteiger partial charge in [0.15, 0.2) is 29.0 Å². The van der Waals surface area contributed by atoms with Crippen LogP contribution in [0.2, 0.25) is 0 Å². The van der Waals surface area contributed by atoms with Crippen LogP contribution in [0, 0.1) is 17.5 Å². The number of anilines is 1. The fraction of sp³-hybridized carbons (Fsp3) is 0.176. The topological polar surface area (TPSA) is 76.7 Å². The molecular weight excluding hydrogens is 391 g/mol. The molecule has 0 bridgehead atoms. The normalized spacial score (nSPS) is 10.5. The summed E-state index contributed by atoms with van der Waals surface area (Å²) in [6.45, 7) is -3.72. The highest BCUT2D eigenvalue weighted by atomic mass is 19.3. The summed E-state index contributed by atoms with van der Waals surface area (Å²) in [6.07, 6.45) is 0. The van der Waals surface area contributed by atoms with Crippen molar-refractivity contribution in [2.45, 2.75) is 6.61 Å². The number of carbonyl (C=O) groups is 2. The molecular formula is C17H13F5N2O4. The molecule has 0 unspecified atom stereocenters. The molecule has 150 valence electrons. The summed E-state index contributed by atoms with van der Waals surface area (Å²) >= 11 is 0. The second-order valence-electron chi connectivity index (χ2n) is 5.20. The molecule has 11 heteroatoms. The molecule has 2 N–H and O–H groups in total. The monoisotopic (exact) mass is 404 g/mol. The summed E-state index contributed by atoms with van der Waals surface area (Å²) in [6, 6.07) is 4.79. The lowest BCUT2D eigenvalue weighted by Gasteiger charge is -2.12. The standard InChI is InChI=1S/C17H13F5N2O4/c1-27-12-6-8(2-5-11(12)28-17(21)22)16(26)23-7-13(25)24-10-4-3-9(18)14(19)15(10)20/h2-6,17H,7H2,1H3,(H,23,26)(H,24,25). The highest BCUT2D eigenvalue weighted by Crippen LogP contribution is 2.29. The number of ether oxygens (including phenoxy) is 2. The van der Waals surface area contributed by atoms with Gasteiger partial charge in [-0.1, -0.05) is 0 Å². The molecule has 0 spiro atoms. The number of hydrogen-bond acceptors (Lipinski definition) is 4. The Labute approximate surface area is 155 Å². The van der Waals surface area contributed by atoms with Crippen molar-refractivity contribution in [2.75, 3.05) is 19.0 Å². The van der Waals surface area contributed by atoms with E-state index in [9.17, 15) is 31.5 Å². The van der Waals surface area contributed by atoms with E-state index in [2.05, 4.69) is 10.1 Å². The van der Waals surface area contributed by atoms with E-state index in [0.29, 0.717) is 6.07 Å². The van der Waals surface area contributed by atoms with Crippen LogP contribution >= 0.6 is 0 Å². The lowest BCUT2D eigenvalue weighted by Crippen LogP contribution is -2.33. The minimum Gasteiger partial charge on any atom is -0.493 e. The Kier molecular flexibility index (Phi) is 6.74. The van der Waals surface area contributed by atoms with Crippen LogP contribution in [0.15, 0.2) is 30.3 Å². The van der Waals surface area contributed by atoms with Gasteiger partial charge in [0.05, 0.1) is 19.3 Å². The molecule has 0 aromatic heterocycles. The Hall–Kier alpha value is -3.37. The van der Waals surface area contributed by atoms with Gasteiger partial charge in [0.2, 0.25) is 5.91 Å². The number of nitrogens with one attached hydrogen (secondary N) is 2. The molecule has 2 aromatic rings. The summed E-state index contributed by atoms with van der Waals surface area (Å²) in [5, 5.41) is 4.17. The van der Waals surface area contributed by atoms with E-state index in [1.54, 1.807) is 0 Å². The first-order valence-corrected chi connectivity index (χ1v) is 7.57. The zero-order valence-corrected chi connectivity index (χ0v) is 14.2. The van der Waals surface area contributed by atoms with Crippen molar-refractivity contribution < 1.29 is 41.0 Å². The Morgan fingerprint density at radius 2 is 1.75 bits per heavy atom. The molecule has 2 aromatic carbocycles. The predicted molar refractivity (Wildman–Crippen MR) is 86.9 cm³/mol. The third-order valence-corrected chi connectivity index (χ3v) is 3.36. The molecule has 0 aliphatic heterocycles. The first-order chi connectivity index (χ1) is 13.2. The highest BCUT2D eigenvalue weighted by molar-refractivity contribution is 5.99. The van der Waals surface area contributed by atoms with Crippen molar-refractivity contribution in [1.82, 2.24) is 5.32 Å². The first kappa shape index (κ1) is 20.9. The van der Waals surface area contributed by atoms with Crippen molar-refractivity contribution in [3.8, 4) is 11.5 Å². The fourth-order valence-corrected chi connectivity index (χ4v) is 2.08. The van der Waals surface area contributed by atoms with Gasteiger partial charge in [0.1, 0.15) is 0 Å². The van der Waals surface area contributed by atoms with Crippen LogP contribution in [0.1, 0.15) is 10.4 Å². The third kappa shape index (κ3) is 5.09. The average molecular weight is 404 g/mol. The van der Waals surface area contributed by atoms with Gasteiger partial charge in [0.25, 0.3) is 5.91 Å². The Morgan fingerprint density at radius 3 is 2.39 bits per heavy atom. The van der Waals surface area contributed by atoms with E-state index >= 15 is 0 Å². The number of alkyl halides is 2. The maximum atomic E-state index is 13.5. The van der Waals surface area contributed by atoms with Crippen molar-refractivity contribution in [2.24, 2.45) is 0 Å². The lowest BCUT2D eigenvalue weighted by atomic mass is 10.2. The van der Waals surface area contributed by atoms with Crippen LogP contribution in [-0.4, -0.2) is 32.1 Å². The molecule has 0 fully saturated rings. The lowest BCUT2D eigenvalue weighted by molar-refractivity contribution is -0.115. The molecule has 0 aliphatic carbocycles. The number of rotatable bonds is 7. The maximum absolute atomic E-state index is 13.5. The Balaban J connectivity index is 2.00. The smallest absolute Gasteiger partial charge is 0.387 e. The van der Waals surface area contributed by atoms with Crippen LogP contribution in [0.5, 0.6) is 11.5 Å². The largest absolute Gasteiger partial charge is 0.493 e. The SMILES string of the molecule is COc1cc(C(=O)NCC(=O)Nc2ccc(F)c(F)c2F)ccc1OC(F)F. The molecule has 6 nitrogen and oxygen atoms in total. The molecule has 2 rings (SSSR count). The second kappa shape index (κ2) is 9.02. The molecule has 0 heterocycles. The van der Waals surface area contributed by atoms with Crippen LogP contribution in [0.4, 0.5) is 27.6 Å². The van der Waals surface area contributed by atoms with Crippen LogP contribution < -0.4 is 20.1 Å². The van der Waals surface area contributed by atoms with E-state index in [0.717, 1.165) is 24.3 Å². The van der Waals surface area contributed by atoms with Gasteiger partial charge >= 0.3 is 6.61 Å². The second-order valence-corrected chi connectivity index (χ2v) is 5.20. The first-order valence-electron chi connectivity index (χ1n) is 7.57. The number of amides is 2. The van der Waals surface area contributed by atoms with Gasteiger partial charge in [-0.3, -0.25) is 9.59 Å². The minimum absolute atomic E-state index is 0.0368. The number of benzene rings is 2. The van der Waals surface area contributed by atoms with Crippen LogP contribution in [-0.2, 0) is 4.79 Å². The Morgan fingerprint density at radius 1 is 1.04 bits per heavy atom.